The van der Waals surface area contributed by atoms with Crippen molar-refractivity contribution in [2.45, 2.75) is 25.7 Å². The SMILES string of the molecule is NCCCCCOCCCOc1ccc2c(c1)OCO2. The lowest BCUT2D eigenvalue weighted by Gasteiger charge is -2.07. The fourth-order valence-corrected chi connectivity index (χ4v) is 1.94. The Bertz CT molecular complexity index is 397. The van der Waals surface area contributed by atoms with Gasteiger partial charge in [0.05, 0.1) is 6.61 Å². The quantitative estimate of drug-likeness (QED) is 0.667. The van der Waals surface area contributed by atoms with Crippen molar-refractivity contribution < 1.29 is 18.9 Å². The molecule has 1 heterocycles. The van der Waals surface area contributed by atoms with E-state index in [-0.39, 0.29) is 6.79 Å². The number of nitrogens with two attached hydrogens (primary N) is 1. The first-order valence-electron chi connectivity index (χ1n) is 7.20. The summed E-state index contributed by atoms with van der Waals surface area (Å²) in [6.45, 7) is 3.24. The number of fused-ring (bicyclic) bond motifs is 1. The molecular formula is C15H23NO4. The molecule has 20 heavy (non-hydrogen) atoms. The van der Waals surface area contributed by atoms with Crippen molar-refractivity contribution in [3.63, 3.8) is 0 Å². The molecule has 0 spiro atoms. The molecule has 1 aromatic carbocycles. The first-order valence-corrected chi connectivity index (χ1v) is 7.20. The van der Waals surface area contributed by atoms with Crippen molar-refractivity contribution >= 4 is 0 Å². The Morgan fingerprint density at radius 1 is 0.950 bits per heavy atom. The molecule has 0 radical (unpaired) electrons. The van der Waals surface area contributed by atoms with Crippen LogP contribution in [-0.4, -0.2) is 33.2 Å². The average Bonchev–Trinajstić information content (AvgIpc) is 2.93. The third kappa shape index (κ3) is 4.90. The summed E-state index contributed by atoms with van der Waals surface area (Å²) in [4.78, 5) is 0. The van der Waals surface area contributed by atoms with Crippen molar-refractivity contribution in [1.82, 2.24) is 0 Å². The van der Waals surface area contributed by atoms with Crippen LogP contribution in [0.3, 0.4) is 0 Å². The third-order valence-corrected chi connectivity index (χ3v) is 3.04. The Hall–Kier alpha value is -1.46. The van der Waals surface area contributed by atoms with Crippen molar-refractivity contribution in [3.8, 4) is 17.2 Å². The summed E-state index contributed by atoms with van der Waals surface area (Å²) in [6.07, 6.45) is 4.19. The zero-order valence-electron chi connectivity index (χ0n) is 11.8. The minimum Gasteiger partial charge on any atom is -0.493 e. The number of hydrogen-bond donors (Lipinski definition) is 1. The standard InChI is InChI=1S/C15H23NO4/c16-7-2-1-3-8-17-9-4-10-18-13-5-6-14-15(11-13)20-12-19-14/h5-6,11H,1-4,7-10,12,16H2. The predicted molar refractivity (Wildman–Crippen MR) is 76.4 cm³/mol. The van der Waals surface area contributed by atoms with E-state index in [1.807, 2.05) is 18.2 Å². The minimum atomic E-state index is 0.288. The molecule has 0 atom stereocenters. The molecule has 0 bridgehead atoms. The van der Waals surface area contributed by atoms with Gasteiger partial charge in [-0.1, -0.05) is 0 Å². The van der Waals surface area contributed by atoms with Crippen LogP contribution >= 0.6 is 0 Å². The van der Waals surface area contributed by atoms with Gasteiger partial charge in [0, 0.05) is 25.7 Å². The second-order valence-electron chi connectivity index (χ2n) is 4.68. The van der Waals surface area contributed by atoms with Gasteiger partial charge in [-0.05, 0) is 37.9 Å². The molecule has 2 N–H and O–H groups in total. The van der Waals surface area contributed by atoms with Crippen molar-refractivity contribution in [2.75, 3.05) is 33.2 Å². The Morgan fingerprint density at radius 3 is 2.70 bits per heavy atom. The molecule has 0 unspecified atom stereocenters. The van der Waals surface area contributed by atoms with Gasteiger partial charge >= 0.3 is 0 Å². The molecule has 5 heteroatoms. The second kappa shape index (κ2) is 8.66. The monoisotopic (exact) mass is 281 g/mol. The van der Waals surface area contributed by atoms with Gasteiger partial charge in [-0.3, -0.25) is 0 Å². The lowest BCUT2D eigenvalue weighted by atomic mass is 10.2. The number of rotatable bonds is 10. The van der Waals surface area contributed by atoms with E-state index in [0.717, 1.165) is 62.7 Å². The van der Waals surface area contributed by atoms with E-state index >= 15 is 0 Å². The smallest absolute Gasteiger partial charge is 0.231 e. The third-order valence-electron chi connectivity index (χ3n) is 3.04. The van der Waals surface area contributed by atoms with Gasteiger partial charge in [0.2, 0.25) is 6.79 Å². The van der Waals surface area contributed by atoms with Crippen LogP contribution in [0.5, 0.6) is 17.2 Å². The maximum absolute atomic E-state index is 5.64. The Labute approximate surface area is 120 Å². The van der Waals surface area contributed by atoms with Crippen LogP contribution in [-0.2, 0) is 4.74 Å². The number of unbranched alkanes of at least 4 members (excludes halogenated alkanes) is 2. The molecule has 1 aromatic rings. The van der Waals surface area contributed by atoms with Crippen LogP contribution < -0.4 is 19.9 Å². The Morgan fingerprint density at radius 2 is 1.80 bits per heavy atom. The number of hydrogen-bond acceptors (Lipinski definition) is 5. The van der Waals surface area contributed by atoms with Gasteiger partial charge < -0.3 is 24.7 Å². The molecule has 0 aromatic heterocycles. The molecule has 5 nitrogen and oxygen atoms in total. The summed E-state index contributed by atoms with van der Waals surface area (Å²) < 4.78 is 21.7. The van der Waals surface area contributed by atoms with E-state index in [2.05, 4.69) is 0 Å². The maximum atomic E-state index is 5.64. The second-order valence-corrected chi connectivity index (χ2v) is 4.68. The summed E-state index contributed by atoms with van der Waals surface area (Å²) in [5.41, 5.74) is 5.42. The topological polar surface area (TPSA) is 62.9 Å². The van der Waals surface area contributed by atoms with Crippen LogP contribution in [0.2, 0.25) is 0 Å². The fraction of sp³-hybridized carbons (Fsp3) is 0.600. The van der Waals surface area contributed by atoms with Crippen LogP contribution in [0.25, 0.3) is 0 Å². The molecule has 0 fully saturated rings. The minimum absolute atomic E-state index is 0.288. The maximum Gasteiger partial charge on any atom is 0.231 e. The molecule has 0 aliphatic carbocycles. The lowest BCUT2D eigenvalue weighted by Crippen LogP contribution is -2.04. The summed E-state index contributed by atoms with van der Waals surface area (Å²) >= 11 is 0. The molecule has 0 saturated carbocycles. The van der Waals surface area contributed by atoms with Gasteiger partial charge in [0.15, 0.2) is 11.5 Å². The van der Waals surface area contributed by atoms with Crippen LogP contribution in [0.4, 0.5) is 0 Å². The summed E-state index contributed by atoms with van der Waals surface area (Å²) in [6, 6.07) is 5.61. The van der Waals surface area contributed by atoms with E-state index in [9.17, 15) is 0 Å². The molecule has 112 valence electrons. The highest BCUT2D eigenvalue weighted by atomic mass is 16.7. The van der Waals surface area contributed by atoms with Gasteiger partial charge in [-0.2, -0.15) is 0 Å². The van der Waals surface area contributed by atoms with E-state index in [0.29, 0.717) is 6.61 Å². The number of benzene rings is 1. The largest absolute Gasteiger partial charge is 0.493 e. The van der Waals surface area contributed by atoms with Gasteiger partial charge in [-0.25, -0.2) is 0 Å². The molecule has 2 rings (SSSR count). The highest BCUT2D eigenvalue weighted by molar-refractivity contribution is 5.46. The van der Waals surface area contributed by atoms with Crippen LogP contribution in [0, 0.1) is 0 Å². The van der Waals surface area contributed by atoms with E-state index in [4.69, 9.17) is 24.7 Å². The lowest BCUT2D eigenvalue weighted by molar-refractivity contribution is 0.116. The Kier molecular flexibility index (Phi) is 6.47. The van der Waals surface area contributed by atoms with Gasteiger partial charge in [0.1, 0.15) is 5.75 Å². The molecule has 0 saturated heterocycles. The van der Waals surface area contributed by atoms with Crippen LogP contribution in [0.15, 0.2) is 18.2 Å². The van der Waals surface area contributed by atoms with Crippen molar-refractivity contribution in [3.05, 3.63) is 18.2 Å². The Balaban J connectivity index is 1.51. The highest BCUT2D eigenvalue weighted by Gasteiger charge is 2.13. The van der Waals surface area contributed by atoms with Crippen molar-refractivity contribution in [1.29, 1.82) is 0 Å². The highest BCUT2D eigenvalue weighted by Crippen LogP contribution is 2.35. The zero-order valence-corrected chi connectivity index (χ0v) is 11.8. The van der Waals surface area contributed by atoms with Crippen LogP contribution in [0.1, 0.15) is 25.7 Å². The first kappa shape index (κ1) is 14.9. The summed E-state index contributed by atoms with van der Waals surface area (Å²) in [5, 5.41) is 0. The fourth-order valence-electron chi connectivity index (χ4n) is 1.94. The summed E-state index contributed by atoms with van der Waals surface area (Å²) in [5.74, 6) is 2.33. The average molecular weight is 281 g/mol. The molecular weight excluding hydrogens is 258 g/mol. The predicted octanol–water partition coefficient (Wildman–Crippen LogP) is 2.33. The van der Waals surface area contributed by atoms with E-state index < -0.39 is 0 Å². The molecule has 0 amide bonds. The van der Waals surface area contributed by atoms with Crippen molar-refractivity contribution in [2.24, 2.45) is 5.73 Å². The normalized spacial score (nSPS) is 12.7. The molecule has 1 aliphatic rings. The first-order chi connectivity index (χ1) is 9.90. The zero-order chi connectivity index (χ0) is 14.0. The number of ether oxygens (including phenoxy) is 4. The van der Waals surface area contributed by atoms with Gasteiger partial charge in [-0.15, -0.1) is 0 Å². The van der Waals surface area contributed by atoms with Gasteiger partial charge in [0.25, 0.3) is 0 Å². The molecule has 1 aliphatic heterocycles. The summed E-state index contributed by atoms with van der Waals surface area (Å²) in [7, 11) is 0. The van der Waals surface area contributed by atoms with E-state index in [1.54, 1.807) is 0 Å². The van der Waals surface area contributed by atoms with E-state index in [1.165, 1.54) is 0 Å².